The van der Waals surface area contributed by atoms with Crippen molar-refractivity contribution in [3.63, 3.8) is 0 Å². The van der Waals surface area contributed by atoms with Gasteiger partial charge in [-0.25, -0.2) is 0 Å². The number of hydrogen-bond acceptors (Lipinski definition) is 8. The molecule has 1 unspecified atom stereocenters. The van der Waals surface area contributed by atoms with Gasteiger partial charge < -0.3 is 9.64 Å². The molecule has 2 saturated heterocycles. The van der Waals surface area contributed by atoms with Gasteiger partial charge in [0.15, 0.2) is 0 Å². The lowest BCUT2D eigenvalue weighted by Crippen LogP contribution is -2.42. The minimum Gasteiger partial charge on any atom is -0.466 e. The zero-order valence-electron chi connectivity index (χ0n) is 18.6. The number of thiocarbonyl (C=S) groups is 1. The Morgan fingerprint density at radius 1 is 1.38 bits per heavy atom. The Hall–Kier alpha value is -2.64. The molecule has 0 bridgehead atoms. The minimum absolute atomic E-state index is 0.0347. The maximum Gasteiger partial charge on any atom is 0.310 e. The number of rotatable bonds is 5. The third kappa shape index (κ3) is 4.32. The average Bonchev–Trinajstić information content (AvgIpc) is 3.05. The Balaban J connectivity index is 2.15. The summed E-state index contributed by atoms with van der Waals surface area (Å²) in [5.74, 6) is -0.163. The van der Waals surface area contributed by atoms with E-state index in [1.54, 1.807) is 27.0 Å². The molecule has 8 nitrogen and oxygen atoms in total. The van der Waals surface area contributed by atoms with Crippen molar-refractivity contribution in [1.29, 1.82) is 5.26 Å². The van der Waals surface area contributed by atoms with E-state index in [0.29, 0.717) is 58.8 Å². The predicted molar refractivity (Wildman–Crippen MR) is 128 cm³/mol. The normalized spacial score (nSPS) is 20.1. The monoisotopic (exact) mass is 474 g/mol. The van der Waals surface area contributed by atoms with Crippen LogP contribution in [0.5, 0.6) is 0 Å². The molecule has 1 aromatic rings. The fourth-order valence-corrected chi connectivity index (χ4v) is 5.49. The van der Waals surface area contributed by atoms with Gasteiger partial charge in [0.05, 0.1) is 17.4 Å². The van der Waals surface area contributed by atoms with Gasteiger partial charge in [-0.1, -0.05) is 24.0 Å². The van der Waals surface area contributed by atoms with Crippen LogP contribution in [0.1, 0.15) is 43.4 Å². The van der Waals surface area contributed by atoms with Gasteiger partial charge in [-0.2, -0.15) is 5.26 Å². The molecule has 1 amide bonds. The van der Waals surface area contributed by atoms with Crippen molar-refractivity contribution in [1.82, 2.24) is 9.47 Å². The van der Waals surface area contributed by atoms with E-state index < -0.39 is 5.56 Å². The van der Waals surface area contributed by atoms with E-state index in [0.717, 1.165) is 6.42 Å². The van der Waals surface area contributed by atoms with Crippen molar-refractivity contribution in [2.45, 2.75) is 33.6 Å². The lowest BCUT2D eigenvalue weighted by molar-refractivity contribution is -0.148. The number of nitriles is 1. The number of anilines is 1. The summed E-state index contributed by atoms with van der Waals surface area (Å²) in [4.78, 5) is 42.0. The van der Waals surface area contributed by atoms with Crippen LogP contribution < -0.4 is 10.5 Å². The van der Waals surface area contributed by atoms with Crippen molar-refractivity contribution < 1.29 is 14.3 Å². The van der Waals surface area contributed by atoms with Crippen LogP contribution in [0.25, 0.3) is 6.08 Å². The Morgan fingerprint density at radius 3 is 2.69 bits per heavy atom. The number of carbonyl (C=O) groups excluding carboxylic acids is 2. The minimum atomic E-state index is -0.406. The summed E-state index contributed by atoms with van der Waals surface area (Å²) < 4.78 is 7.13. The average molecular weight is 475 g/mol. The van der Waals surface area contributed by atoms with Crippen LogP contribution >= 0.6 is 24.0 Å². The van der Waals surface area contributed by atoms with E-state index in [1.165, 1.54) is 21.2 Å². The predicted octanol–water partition coefficient (Wildman–Crippen LogP) is 2.57. The van der Waals surface area contributed by atoms with Crippen LogP contribution in [0.2, 0.25) is 0 Å². The first-order chi connectivity index (χ1) is 15.2. The number of amides is 1. The molecule has 10 heteroatoms. The number of aromatic nitrogens is 1. The van der Waals surface area contributed by atoms with Crippen LogP contribution in [0.4, 0.5) is 5.82 Å². The molecular weight excluding hydrogens is 448 g/mol. The fourth-order valence-electron chi connectivity index (χ4n) is 4.12. The van der Waals surface area contributed by atoms with E-state index in [9.17, 15) is 19.6 Å². The highest BCUT2D eigenvalue weighted by Crippen LogP contribution is 2.36. The van der Waals surface area contributed by atoms with Gasteiger partial charge >= 0.3 is 5.97 Å². The molecule has 1 atom stereocenters. The van der Waals surface area contributed by atoms with Crippen molar-refractivity contribution in [2.24, 2.45) is 13.0 Å². The molecule has 0 aromatic carbocycles. The molecule has 2 aliphatic rings. The summed E-state index contributed by atoms with van der Waals surface area (Å²) in [5.41, 5.74) is 0.749. The summed E-state index contributed by atoms with van der Waals surface area (Å²) in [6.07, 6.45) is 3.19. The second-order valence-electron chi connectivity index (χ2n) is 7.68. The van der Waals surface area contributed by atoms with E-state index >= 15 is 0 Å². The summed E-state index contributed by atoms with van der Waals surface area (Å²) in [7, 11) is 1.61. The molecule has 2 fully saturated rings. The molecule has 0 N–H and O–H groups in total. The van der Waals surface area contributed by atoms with Crippen molar-refractivity contribution in [3.05, 3.63) is 31.9 Å². The number of thioether (sulfide) groups is 1. The van der Waals surface area contributed by atoms with Gasteiger partial charge in [0.25, 0.3) is 11.5 Å². The number of pyridine rings is 1. The lowest BCUT2D eigenvalue weighted by Gasteiger charge is -2.35. The molecule has 2 aliphatic heterocycles. The molecule has 3 rings (SSSR count). The van der Waals surface area contributed by atoms with Gasteiger partial charge in [-0.05, 0) is 45.3 Å². The zero-order valence-corrected chi connectivity index (χ0v) is 20.3. The fraction of sp³-hybridized carbons (Fsp3) is 0.500. The zero-order chi connectivity index (χ0) is 23.6. The van der Waals surface area contributed by atoms with Crippen LogP contribution in [0.3, 0.4) is 0 Å². The molecule has 3 heterocycles. The number of carbonyl (C=O) groups is 2. The Bertz CT molecular complexity index is 1100. The number of esters is 1. The highest BCUT2D eigenvalue weighted by Gasteiger charge is 2.33. The summed E-state index contributed by atoms with van der Waals surface area (Å²) in [5, 5.41) is 9.60. The standard InChI is InChI=1S/C22H26N4O4S2/c1-5-26-20(28)17(32-22(26)31)10-15-13(3)16(11-23)19(27)24(4)18(15)25-9-7-8-14(12-25)21(29)30-6-2/h10,14H,5-9,12H2,1-4H3/b17-10-. The molecule has 32 heavy (non-hydrogen) atoms. The van der Waals surface area contributed by atoms with Crippen molar-refractivity contribution in [3.8, 4) is 6.07 Å². The van der Waals surface area contributed by atoms with Crippen LogP contribution in [-0.4, -0.2) is 51.9 Å². The van der Waals surface area contributed by atoms with E-state index in [1.807, 2.05) is 17.9 Å². The van der Waals surface area contributed by atoms with Gasteiger partial charge in [-0.15, -0.1) is 0 Å². The second kappa shape index (κ2) is 9.88. The number of nitrogens with zero attached hydrogens (tertiary/aromatic N) is 4. The molecular formula is C22H26N4O4S2. The van der Waals surface area contributed by atoms with E-state index in [4.69, 9.17) is 17.0 Å². The van der Waals surface area contributed by atoms with Crippen molar-refractivity contribution in [2.75, 3.05) is 31.1 Å². The van der Waals surface area contributed by atoms with Gasteiger partial charge in [0, 0.05) is 32.2 Å². The first-order valence-corrected chi connectivity index (χ1v) is 11.8. The van der Waals surface area contributed by atoms with E-state index in [2.05, 4.69) is 0 Å². The molecule has 0 spiro atoms. The Kier molecular flexibility index (Phi) is 7.41. The smallest absolute Gasteiger partial charge is 0.310 e. The van der Waals surface area contributed by atoms with Crippen LogP contribution in [0, 0.1) is 24.2 Å². The molecule has 170 valence electrons. The topological polar surface area (TPSA) is 95.6 Å². The van der Waals surface area contributed by atoms with Crippen LogP contribution in [0.15, 0.2) is 9.70 Å². The number of likely N-dealkylation sites (N-methyl/N-ethyl adjacent to an activating group) is 1. The maximum atomic E-state index is 12.9. The highest BCUT2D eigenvalue weighted by atomic mass is 32.2. The summed E-state index contributed by atoms with van der Waals surface area (Å²) in [6.45, 7) is 7.17. The third-order valence-corrected chi connectivity index (χ3v) is 7.15. The van der Waals surface area contributed by atoms with Gasteiger partial charge in [0.2, 0.25) is 0 Å². The first-order valence-electron chi connectivity index (χ1n) is 10.6. The SMILES string of the molecule is CCOC(=O)C1CCCN(c2c(/C=C3\SC(=S)N(CC)C3=O)c(C)c(C#N)c(=O)n2C)C1. The Labute approximate surface area is 196 Å². The van der Waals surface area contributed by atoms with Gasteiger partial charge in [0.1, 0.15) is 21.8 Å². The maximum absolute atomic E-state index is 12.9. The quantitative estimate of drug-likeness (QED) is 0.365. The largest absolute Gasteiger partial charge is 0.466 e. The second-order valence-corrected chi connectivity index (χ2v) is 9.35. The lowest BCUT2D eigenvalue weighted by atomic mass is 9.96. The molecule has 0 saturated carbocycles. The first kappa shape index (κ1) is 24.0. The molecule has 0 radical (unpaired) electrons. The third-order valence-electron chi connectivity index (χ3n) is 5.77. The number of ether oxygens (including phenoxy) is 1. The molecule has 0 aliphatic carbocycles. The summed E-state index contributed by atoms with van der Waals surface area (Å²) in [6, 6.07) is 2.00. The number of piperidine rings is 1. The highest BCUT2D eigenvalue weighted by molar-refractivity contribution is 8.26. The van der Waals surface area contributed by atoms with Crippen molar-refractivity contribution >= 4 is 52.1 Å². The van der Waals surface area contributed by atoms with Crippen LogP contribution in [-0.2, 0) is 21.4 Å². The Morgan fingerprint density at radius 2 is 2.09 bits per heavy atom. The summed E-state index contributed by atoms with van der Waals surface area (Å²) >= 11 is 6.53. The number of hydrogen-bond donors (Lipinski definition) is 0. The van der Waals surface area contributed by atoms with Gasteiger partial charge in [-0.3, -0.25) is 23.9 Å². The molecule has 1 aromatic heterocycles. The van der Waals surface area contributed by atoms with E-state index in [-0.39, 0.29) is 23.4 Å².